The lowest BCUT2D eigenvalue weighted by Gasteiger charge is -2.10. The number of methoxy groups -OCH3 is 1. The first-order chi connectivity index (χ1) is 15.9. The number of fused-ring (bicyclic) bond motifs is 1. The third-order valence-corrected chi connectivity index (χ3v) is 4.90. The Bertz CT molecular complexity index is 1200. The molecule has 3 rings (SSSR count). The van der Waals surface area contributed by atoms with Gasteiger partial charge in [-0.3, -0.25) is 9.59 Å². The Morgan fingerprint density at radius 1 is 1.03 bits per heavy atom. The highest BCUT2D eigenvalue weighted by Gasteiger charge is 2.14. The molecule has 3 aromatic rings. The van der Waals surface area contributed by atoms with Crippen LogP contribution in [0.15, 0.2) is 51.7 Å². The van der Waals surface area contributed by atoms with Crippen molar-refractivity contribution in [3.05, 3.63) is 69.6 Å². The molecule has 0 bridgehead atoms. The number of carbonyl (C=O) groups is 2. The maximum absolute atomic E-state index is 12.2. The van der Waals surface area contributed by atoms with Crippen LogP contribution in [0.1, 0.15) is 34.3 Å². The Balaban J connectivity index is 1.56. The molecule has 0 saturated carbocycles. The number of nitrogens with one attached hydrogen (secondary N) is 1. The zero-order chi connectivity index (χ0) is 23.8. The average molecular weight is 453 g/mol. The largest absolute Gasteiger partial charge is 0.493 e. The number of hydrogen-bond donors (Lipinski definition) is 1. The van der Waals surface area contributed by atoms with Crippen molar-refractivity contribution in [2.75, 3.05) is 26.9 Å². The smallest absolute Gasteiger partial charge is 0.349 e. The fourth-order valence-electron chi connectivity index (χ4n) is 3.12. The van der Waals surface area contributed by atoms with Gasteiger partial charge in [0.05, 0.1) is 13.2 Å². The average Bonchev–Trinajstić information content (AvgIpc) is 2.78. The molecular formula is C25H27NO7. The zero-order valence-electron chi connectivity index (χ0n) is 18.9. The molecule has 174 valence electrons. The molecule has 2 aromatic carbocycles. The van der Waals surface area contributed by atoms with Crippen LogP contribution in [-0.4, -0.2) is 38.7 Å². The Labute approximate surface area is 191 Å². The van der Waals surface area contributed by atoms with E-state index in [1.807, 2.05) is 32.0 Å². The maximum atomic E-state index is 12.2. The van der Waals surface area contributed by atoms with E-state index in [0.717, 1.165) is 16.9 Å². The van der Waals surface area contributed by atoms with E-state index in [1.165, 1.54) is 19.2 Å². The van der Waals surface area contributed by atoms with E-state index >= 15 is 0 Å². The number of aryl methyl sites for hydroxylation is 2. The monoisotopic (exact) mass is 453 g/mol. The molecule has 0 aliphatic heterocycles. The maximum Gasteiger partial charge on any atom is 0.349 e. The van der Waals surface area contributed by atoms with E-state index in [4.69, 9.17) is 18.6 Å². The topological polar surface area (TPSA) is 104 Å². The second kappa shape index (κ2) is 11.3. The number of ether oxygens (including phenoxy) is 3. The van der Waals surface area contributed by atoms with E-state index in [-0.39, 0.29) is 29.9 Å². The summed E-state index contributed by atoms with van der Waals surface area (Å²) < 4.78 is 21.2. The number of benzene rings is 2. The predicted octanol–water partition coefficient (Wildman–Crippen LogP) is 3.55. The van der Waals surface area contributed by atoms with Crippen molar-refractivity contribution in [2.45, 2.75) is 26.7 Å². The van der Waals surface area contributed by atoms with Crippen molar-refractivity contribution in [3.8, 4) is 11.5 Å². The van der Waals surface area contributed by atoms with Gasteiger partial charge in [-0.25, -0.2) is 4.79 Å². The molecule has 33 heavy (non-hydrogen) atoms. The summed E-state index contributed by atoms with van der Waals surface area (Å²) >= 11 is 0. The summed E-state index contributed by atoms with van der Waals surface area (Å²) in [6.07, 6.45) is 0.670. The van der Waals surface area contributed by atoms with Gasteiger partial charge in [-0.15, -0.1) is 0 Å². The minimum atomic E-state index is -0.774. The van der Waals surface area contributed by atoms with Crippen LogP contribution in [0.2, 0.25) is 0 Å². The number of carbonyl (C=O) groups excluding carboxylic acids is 2. The van der Waals surface area contributed by atoms with Gasteiger partial charge in [-0.1, -0.05) is 12.1 Å². The van der Waals surface area contributed by atoms with Crippen LogP contribution < -0.4 is 20.4 Å². The van der Waals surface area contributed by atoms with Gasteiger partial charge in [0.15, 0.2) is 0 Å². The number of rotatable bonds is 10. The van der Waals surface area contributed by atoms with Crippen LogP contribution in [0, 0.1) is 13.8 Å². The van der Waals surface area contributed by atoms with Crippen molar-refractivity contribution >= 4 is 22.8 Å². The molecule has 0 saturated heterocycles. The van der Waals surface area contributed by atoms with Crippen LogP contribution in [-0.2, 0) is 9.53 Å². The van der Waals surface area contributed by atoms with Gasteiger partial charge in [-0.2, -0.15) is 0 Å². The minimum Gasteiger partial charge on any atom is -0.493 e. The number of amides is 1. The molecule has 1 heterocycles. The summed E-state index contributed by atoms with van der Waals surface area (Å²) in [5, 5.41) is 3.12. The summed E-state index contributed by atoms with van der Waals surface area (Å²) in [7, 11) is 1.51. The van der Waals surface area contributed by atoms with Crippen LogP contribution in [0.5, 0.6) is 11.5 Å². The molecule has 1 aromatic heterocycles. The lowest BCUT2D eigenvalue weighted by Crippen LogP contribution is -2.30. The van der Waals surface area contributed by atoms with Gasteiger partial charge in [0.1, 0.15) is 22.6 Å². The highest BCUT2D eigenvalue weighted by molar-refractivity contribution is 5.96. The van der Waals surface area contributed by atoms with E-state index in [2.05, 4.69) is 5.32 Å². The first-order valence-electron chi connectivity index (χ1n) is 10.6. The highest BCUT2D eigenvalue weighted by atomic mass is 16.5. The molecule has 0 aliphatic carbocycles. The van der Waals surface area contributed by atoms with E-state index in [0.29, 0.717) is 25.0 Å². The second-order valence-electron chi connectivity index (χ2n) is 7.59. The van der Waals surface area contributed by atoms with Gasteiger partial charge in [0.2, 0.25) is 0 Å². The summed E-state index contributed by atoms with van der Waals surface area (Å²) in [5.41, 5.74) is 1.49. The van der Waals surface area contributed by atoms with Crippen LogP contribution in [0.25, 0.3) is 11.0 Å². The molecule has 0 aliphatic rings. The van der Waals surface area contributed by atoms with E-state index in [9.17, 15) is 14.4 Å². The Hall–Kier alpha value is -3.65. The summed E-state index contributed by atoms with van der Waals surface area (Å²) in [4.78, 5) is 36.5. The quantitative estimate of drug-likeness (QED) is 0.217. The first kappa shape index (κ1) is 24.0. The van der Waals surface area contributed by atoms with Crippen molar-refractivity contribution in [2.24, 2.45) is 0 Å². The van der Waals surface area contributed by atoms with Crippen LogP contribution in [0.4, 0.5) is 0 Å². The molecule has 0 unspecified atom stereocenters. The zero-order valence-corrected chi connectivity index (χ0v) is 18.9. The molecule has 0 radical (unpaired) electrons. The number of hydrogen-bond acceptors (Lipinski definition) is 7. The third-order valence-electron chi connectivity index (χ3n) is 4.90. The van der Waals surface area contributed by atoms with Crippen molar-refractivity contribution in [1.82, 2.24) is 5.32 Å². The minimum absolute atomic E-state index is 0.104. The molecular weight excluding hydrogens is 426 g/mol. The molecule has 0 fully saturated rings. The summed E-state index contributed by atoms with van der Waals surface area (Å²) in [6.45, 7) is 4.96. The van der Waals surface area contributed by atoms with E-state index < -0.39 is 17.5 Å². The lowest BCUT2D eigenvalue weighted by atomic mass is 10.1. The van der Waals surface area contributed by atoms with Crippen molar-refractivity contribution in [1.29, 1.82) is 0 Å². The Morgan fingerprint density at radius 2 is 1.85 bits per heavy atom. The van der Waals surface area contributed by atoms with Crippen LogP contribution in [0.3, 0.4) is 0 Å². The van der Waals surface area contributed by atoms with Crippen molar-refractivity contribution < 1.29 is 28.2 Å². The summed E-state index contributed by atoms with van der Waals surface area (Å²) in [6, 6.07) is 12.1. The predicted molar refractivity (Wildman–Crippen MR) is 123 cm³/mol. The SMILES string of the molecule is COCCNC(=O)c1cc2ccc(OC(=O)CCCOc3cc(C)ccc3C)cc2oc1=O. The van der Waals surface area contributed by atoms with Crippen molar-refractivity contribution in [3.63, 3.8) is 0 Å². The first-order valence-corrected chi connectivity index (χ1v) is 10.6. The molecule has 8 heteroatoms. The normalized spacial score (nSPS) is 10.8. The molecule has 1 amide bonds. The summed E-state index contributed by atoms with van der Waals surface area (Å²) in [5.74, 6) is 0.0970. The van der Waals surface area contributed by atoms with E-state index in [1.54, 1.807) is 12.1 Å². The van der Waals surface area contributed by atoms with Gasteiger partial charge in [-0.05, 0) is 55.7 Å². The molecule has 0 spiro atoms. The fourth-order valence-corrected chi connectivity index (χ4v) is 3.12. The van der Waals surface area contributed by atoms with Gasteiger partial charge >= 0.3 is 11.6 Å². The number of esters is 1. The fraction of sp³-hybridized carbons (Fsp3) is 0.320. The molecule has 1 N–H and O–H groups in total. The Kier molecular flexibility index (Phi) is 8.21. The lowest BCUT2D eigenvalue weighted by molar-refractivity contribution is -0.134. The standard InChI is InChI=1S/C25H27NO7/c1-16-6-7-17(2)21(13-16)31-11-4-5-23(27)32-19-9-8-18-14-20(24(28)26-10-12-30-3)25(29)33-22(18)15-19/h6-9,13-15H,4-5,10-12H2,1-3H3,(H,26,28). The second-order valence-corrected chi connectivity index (χ2v) is 7.59. The van der Waals surface area contributed by atoms with Gasteiger partial charge in [0, 0.05) is 31.5 Å². The third kappa shape index (κ3) is 6.66. The highest BCUT2D eigenvalue weighted by Crippen LogP contribution is 2.22. The molecule has 8 nitrogen and oxygen atoms in total. The van der Waals surface area contributed by atoms with Gasteiger partial charge in [0.25, 0.3) is 5.91 Å². The van der Waals surface area contributed by atoms with Crippen LogP contribution >= 0.6 is 0 Å². The molecule has 0 atom stereocenters. The van der Waals surface area contributed by atoms with Gasteiger partial charge < -0.3 is 23.9 Å². The Morgan fingerprint density at radius 3 is 2.64 bits per heavy atom.